The van der Waals surface area contributed by atoms with Crippen molar-refractivity contribution in [2.24, 2.45) is 0 Å². The van der Waals surface area contributed by atoms with Crippen LogP contribution in [-0.2, 0) is 4.74 Å². The van der Waals surface area contributed by atoms with Gasteiger partial charge in [-0.05, 0) is 52.7 Å². The van der Waals surface area contributed by atoms with Crippen molar-refractivity contribution in [1.29, 1.82) is 0 Å². The maximum absolute atomic E-state index is 12.1. The Bertz CT molecular complexity index is 709. The number of rotatable bonds is 1. The molecule has 3 rings (SSSR count). The fourth-order valence-corrected chi connectivity index (χ4v) is 2.85. The molecule has 0 bridgehead atoms. The van der Waals surface area contributed by atoms with Gasteiger partial charge in [0, 0.05) is 18.8 Å². The number of aryl methyl sites for hydroxylation is 1. The van der Waals surface area contributed by atoms with Crippen LogP contribution in [0.15, 0.2) is 18.3 Å². The lowest BCUT2D eigenvalue weighted by Crippen LogP contribution is -2.42. The summed E-state index contributed by atoms with van der Waals surface area (Å²) in [5.74, 6) is 0. The van der Waals surface area contributed by atoms with E-state index < -0.39 is 5.60 Å². The Morgan fingerprint density at radius 3 is 2.57 bits per heavy atom. The van der Waals surface area contributed by atoms with Crippen LogP contribution in [0.4, 0.5) is 4.79 Å². The molecule has 6 nitrogen and oxygen atoms in total. The van der Waals surface area contributed by atoms with Crippen LogP contribution >= 0.6 is 0 Å². The maximum Gasteiger partial charge on any atom is 0.410 e. The Kier molecular flexibility index (Phi) is 4.00. The first-order chi connectivity index (χ1) is 10.8. The molecule has 0 aromatic carbocycles. The third kappa shape index (κ3) is 3.63. The average molecular weight is 316 g/mol. The normalized spacial score (nSPS) is 16.8. The molecule has 1 amide bonds. The standard InChI is InChI=1S/C17H24N4O2/c1-12-5-6-14-15(18-12)11-21(19-14)13-7-9-20(10-8-13)16(22)23-17(2,3)4/h5-6,11,13H,7-10H2,1-4H3. The molecule has 0 saturated carbocycles. The number of fused-ring (bicyclic) bond motifs is 1. The molecule has 0 radical (unpaired) electrons. The van der Waals surface area contributed by atoms with Gasteiger partial charge in [0.1, 0.15) is 16.6 Å². The van der Waals surface area contributed by atoms with Crippen LogP contribution in [0.25, 0.3) is 11.0 Å². The number of hydrogen-bond donors (Lipinski definition) is 0. The van der Waals surface area contributed by atoms with E-state index in [0.29, 0.717) is 19.1 Å². The number of likely N-dealkylation sites (tertiary alicyclic amines) is 1. The molecule has 0 spiro atoms. The molecule has 124 valence electrons. The Morgan fingerprint density at radius 1 is 1.22 bits per heavy atom. The molecule has 0 atom stereocenters. The topological polar surface area (TPSA) is 60.2 Å². The van der Waals surface area contributed by atoms with E-state index in [1.807, 2.05) is 50.7 Å². The molecule has 3 heterocycles. The smallest absolute Gasteiger partial charge is 0.410 e. The quantitative estimate of drug-likeness (QED) is 0.810. The number of pyridine rings is 1. The highest BCUT2D eigenvalue weighted by molar-refractivity contribution is 5.73. The lowest BCUT2D eigenvalue weighted by atomic mass is 10.1. The van der Waals surface area contributed by atoms with E-state index in [4.69, 9.17) is 4.74 Å². The van der Waals surface area contributed by atoms with Crippen LogP contribution < -0.4 is 0 Å². The van der Waals surface area contributed by atoms with Crippen molar-refractivity contribution in [2.75, 3.05) is 13.1 Å². The number of aromatic nitrogens is 3. The van der Waals surface area contributed by atoms with Crippen molar-refractivity contribution in [3.8, 4) is 0 Å². The zero-order chi connectivity index (χ0) is 16.6. The maximum atomic E-state index is 12.1. The van der Waals surface area contributed by atoms with Crippen LogP contribution in [0, 0.1) is 6.92 Å². The molecule has 1 saturated heterocycles. The van der Waals surface area contributed by atoms with Gasteiger partial charge in [0.25, 0.3) is 0 Å². The van der Waals surface area contributed by atoms with Crippen LogP contribution in [0.5, 0.6) is 0 Å². The van der Waals surface area contributed by atoms with Gasteiger partial charge in [-0.15, -0.1) is 0 Å². The van der Waals surface area contributed by atoms with Gasteiger partial charge in [-0.2, -0.15) is 5.10 Å². The second-order valence-corrected chi connectivity index (χ2v) is 7.16. The highest BCUT2D eigenvalue weighted by Crippen LogP contribution is 2.25. The second kappa shape index (κ2) is 5.83. The number of ether oxygens (including phenoxy) is 1. The number of carbonyl (C=O) groups excluding carboxylic acids is 1. The Hall–Kier alpha value is -2.11. The summed E-state index contributed by atoms with van der Waals surface area (Å²) in [5, 5.41) is 4.63. The molecule has 1 aliphatic heterocycles. The summed E-state index contributed by atoms with van der Waals surface area (Å²) in [7, 11) is 0. The molecule has 0 unspecified atom stereocenters. The van der Waals surface area contributed by atoms with Crippen molar-refractivity contribution in [1.82, 2.24) is 19.7 Å². The first-order valence-electron chi connectivity index (χ1n) is 8.12. The van der Waals surface area contributed by atoms with Gasteiger partial charge in [-0.3, -0.25) is 4.68 Å². The van der Waals surface area contributed by atoms with Gasteiger partial charge in [0.2, 0.25) is 0 Å². The van der Waals surface area contributed by atoms with E-state index >= 15 is 0 Å². The van der Waals surface area contributed by atoms with E-state index in [9.17, 15) is 4.79 Å². The summed E-state index contributed by atoms with van der Waals surface area (Å²) in [6.07, 6.45) is 3.55. The number of hydrogen-bond acceptors (Lipinski definition) is 4. The van der Waals surface area contributed by atoms with Crippen LogP contribution in [0.1, 0.15) is 45.3 Å². The minimum atomic E-state index is -0.447. The monoisotopic (exact) mass is 316 g/mol. The summed E-state index contributed by atoms with van der Waals surface area (Å²) >= 11 is 0. The van der Waals surface area contributed by atoms with Crippen LogP contribution in [-0.4, -0.2) is 44.4 Å². The Labute approximate surface area is 136 Å². The number of amides is 1. The van der Waals surface area contributed by atoms with E-state index in [1.54, 1.807) is 4.90 Å². The predicted molar refractivity (Wildman–Crippen MR) is 88.3 cm³/mol. The second-order valence-electron chi connectivity index (χ2n) is 7.16. The summed E-state index contributed by atoms with van der Waals surface area (Å²) in [6, 6.07) is 4.29. The fourth-order valence-electron chi connectivity index (χ4n) is 2.85. The van der Waals surface area contributed by atoms with Gasteiger partial charge in [-0.1, -0.05) is 0 Å². The lowest BCUT2D eigenvalue weighted by Gasteiger charge is -2.33. The molecular formula is C17H24N4O2. The first-order valence-corrected chi connectivity index (χ1v) is 8.12. The molecular weight excluding hydrogens is 292 g/mol. The van der Waals surface area contributed by atoms with E-state index in [-0.39, 0.29) is 6.09 Å². The highest BCUT2D eigenvalue weighted by Gasteiger charge is 2.27. The van der Waals surface area contributed by atoms with Gasteiger partial charge < -0.3 is 9.64 Å². The summed E-state index contributed by atoms with van der Waals surface area (Å²) < 4.78 is 7.44. The van der Waals surface area contributed by atoms with Crippen molar-refractivity contribution < 1.29 is 9.53 Å². The Morgan fingerprint density at radius 2 is 1.91 bits per heavy atom. The first kappa shape index (κ1) is 15.8. The zero-order valence-electron chi connectivity index (χ0n) is 14.2. The van der Waals surface area contributed by atoms with Crippen LogP contribution in [0.2, 0.25) is 0 Å². The molecule has 6 heteroatoms. The minimum absolute atomic E-state index is 0.223. The van der Waals surface area contributed by atoms with Crippen molar-refractivity contribution in [2.45, 2.75) is 52.2 Å². The third-order valence-electron chi connectivity index (χ3n) is 4.01. The van der Waals surface area contributed by atoms with Gasteiger partial charge in [0.15, 0.2) is 0 Å². The molecule has 0 aliphatic carbocycles. The molecule has 1 fully saturated rings. The molecule has 2 aromatic heterocycles. The molecule has 0 N–H and O–H groups in total. The number of carbonyl (C=O) groups is 1. The highest BCUT2D eigenvalue weighted by atomic mass is 16.6. The van der Waals surface area contributed by atoms with Gasteiger partial charge >= 0.3 is 6.09 Å². The summed E-state index contributed by atoms with van der Waals surface area (Å²) in [5.41, 5.74) is 2.40. The molecule has 23 heavy (non-hydrogen) atoms. The van der Waals surface area contributed by atoms with Crippen molar-refractivity contribution >= 4 is 17.1 Å². The largest absolute Gasteiger partial charge is 0.444 e. The third-order valence-corrected chi connectivity index (χ3v) is 4.01. The minimum Gasteiger partial charge on any atom is -0.444 e. The average Bonchev–Trinajstić information content (AvgIpc) is 2.88. The fraction of sp³-hybridized carbons (Fsp3) is 0.588. The number of piperidine rings is 1. The van der Waals surface area contributed by atoms with Gasteiger partial charge in [-0.25, -0.2) is 9.78 Å². The Balaban J connectivity index is 1.65. The van der Waals surface area contributed by atoms with Crippen molar-refractivity contribution in [3.05, 3.63) is 24.0 Å². The van der Waals surface area contributed by atoms with E-state index in [0.717, 1.165) is 29.6 Å². The molecule has 1 aliphatic rings. The lowest BCUT2D eigenvalue weighted by molar-refractivity contribution is 0.0185. The SMILES string of the molecule is Cc1ccc2nn(C3CCN(C(=O)OC(C)(C)C)CC3)cc2n1. The zero-order valence-corrected chi connectivity index (χ0v) is 14.2. The van der Waals surface area contributed by atoms with E-state index in [1.165, 1.54) is 0 Å². The van der Waals surface area contributed by atoms with Crippen molar-refractivity contribution in [3.63, 3.8) is 0 Å². The molecule has 2 aromatic rings. The summed E-state index contributed by atoms with van der Waals surface area (Å²) in [4.78, 5) is 18.4. The predicted octanol–water partition coefficient (Wildman–Crippen LogP) is 3.31. The number of nitrogens with zero attached hydrogens (tertiary/aromatic N) is 4. The van der Waals surface area contributed by atoms with E-state index in [2.05, 4.69) is 10.1 Å². The van der Waals surface area contributed by atoms with Crippen LogP contribution in [0.3, 0.4) is 0 Å². The summed E-state index contributed by atoms with van der Waals surface area (Å²) in [6.45, 7) is 9.05. The van der Waals surface area contributed by atoms with Gasteiger partial charge in [0.05, 0.1) is 12.2 Å².